The summed E-state index contributed by atoms with van der Waals surface area (Å²) in [4.78, 5) is 11.5. The van der Waals surface area contributed by atoms with Crippen molar-refractivity contribution in [2.75, 3.05) is 0 Å². The van der Waals surface area contributed by atoms with Crippen molar-refractivity contribution in [2.45, 2.75) is 46.5 Å². The molecular weight excluding hydrogens is 212 g/mol. The molecule has 0 bridgehead atoms. The summed E-state index contributed by atoms with van der Waals surface area (Å²) in [5.41, 5.74) is 0.351. The molecule has 0 heterocycles. The Balaban J connectivity index is 2.18. The van der Waals surface area contributed by atoms with Crippen LogP contribution in [0.25, 0.3) is 0 Å². The lowest BCUT2D eigenvalue weighted by molar-refractivity contribution is -0.134. The normalized spacial score (nSPS) is 11.2. The predicted octanol–water partition coefficient (Wildman–Crippen LogP) is 4.20. The van der Waals surface area contributed by atoms with Gasteiger partial charge in [-0.05, 0) is 30.4 Å². The molecule has 0 saturated heterocycles. The second-order valence-corrected chi connectivity index (χ2v) is 5.55. The molecule has 0 fully saturated rings. The minimum absolute atomic E-state index is 0.134. The Bertz CT molecular complexity index is 336. The average molecular weight is 234 g/mol. The van der Waals surface area contributed by atoms with Gasteiger partial charge < -0.3 is 4.74 Å². The first-order valence-electron chi connectivity index (χ1n) is 6.23. The number of hydrogen-bond acceptors (Lipinski definition) is 2. The molecule has 2 heteroatoms. The summed E-state index contributed by atoms with van der Waals surface area (Å²) in [6.45, 7) is 6.65. The maximum absolute atomic E-state index is 11.5. The lowest BCUT2D eigenvalue weighted by atomic mass is 9.89. The van der Waals surface area contributed by atoms with Crippen LogP contribution in [0.2, 0.25) is 0 Å². The fourth-order valence-electron chi connectivity index (χ4n) is 1.60. The smallest absolute Gasteiger partial charge is 0.311 e. The topological polar surface area (TPSA) is 26.3 Å². The first kappa shape index (κ1) is 13.8. The van der Waals surface area contributed by atoms with Crippen LogP contribution >= 0.6 is 0 Å². The molecule has 0 atom stereocenters. The summed E-state index contributed by atoms with van der Waals surface area (Å²) < 4.78 is 5.21. The molecular formula is C15H22O2. The lowest BCUT2D eigenvalue weighted by Crippen LogP contribution is -2.09. The van der Waals surface area contributed by atoms with Crippen LogP contribution in [0.5, 0.6) is 5.75 Å². The van der Waals surface area contributed by atoms with Crippen molar-refractivity contribution in [3.63, 3.8) is 0 Å². The van der Waals surface area contributed by atoms with Crippen LogP contribution in [-0.4, -0.2) is 5.97 Å². The molecule has 0 aliphatic heterocycles. The Labute approximate surface area is 104 Å². The minimum atomic E-state index is -0.134. The maximum Gasteiger partial charge on any atom is 0.311 e. The van der Waals surface area contributed by atoms with Crippen LogP contribution in [0.3, 0.4) is 0 Å². The number of para-hydroxylation sites is 1. The Morgan fingerprint density at radius 3 is 2.35 bits per heavy atom. The Morgan fingerprint density at radius 2 is 1.76 bits per heavy atom. The van der Waals surface area contributed by atoms with Gasteiger partial charge in [0.05, 0.1) is 0 Å². The maximum atomic E-state index is 11.5. The Morgan fingerprint density at radius 1 is 1.12 bits per heavy atom. The average Bonchev–Trinajstić information content (AvgIpc) is 2.25. The Hall–Kier alpha value is -1.31. The van der Waals surface area contributed by atoms with Gasteiger partial charge in [-0.15, -0.1) is 0 Å². The van der Waals surface area contributed by atoms with Gasteiger partial charge in [0.25, 0.3) is 0 Å². The summed E-state index contributed by atoms with van der Waals surface area (Å²) in [6, 6.07) is 9.23. The number of benzene rings is 1. The summed E-state index contributed by atoms with van der Waals surface area (Å²) in [5, 5.41) is 0. The van der Waals surface area contributed by atoms with Crippen molar-refractivity contribution >= 4 is 5.97 Å². The van der Waals surface area contributed by atoms with Crippen LogP contribution in [-0.2, 0) is 4.79 Å². The largest absolute Gasteiger partial charge is 0.427 e. The molecule has 0 spiro atoms. The van der Waals surface area contributed by atoms with Gasteiger partial charge >= 0.3 is 5.97 Å². The minimum Gasteiger partial charge on any atom is -0.427 e. The quantitative estimate of drug-likeness (QED) is 0.433. The molecule has 1 rings (SSSR count). The Kier molecular flexibility index (Phi) is 5.20. The summed E-state index contributed by atoms with van der Waals surface area (Å²) in [6.07, 6.45) is 3.63. The van der Waals surface area contributed by atoms with E-state index in [0.717, 1.165) is 19.3 Å². The van der Waals surface area contributed by atoms with E-state index in [4.69, 9.17) is 4.74 Å². The zero-order valence-corrected chi connectivity index (χ0v) is 11.0. The van der Waals surface area contributed by atoms with Crippen molar-refractivity contribution in [1.82, 2.24) is 0 Å². The first-order chi connectivity index (χ1) is 7.97. The molecule has 0 N–H and O–H groups in total. The van der Waals surface area contributed by atoms with Crippen molar-refractivity contribution in [3.05, 3.63) is 30.3 Å². The number of rotatable bonds is 5. The lowest BCUT2D eigenvalue weighted by Gasteiger charge is -2.17. The third-order valence-corrected chi connectivity index (χ3v) is 2.53. The van der Waals surface area contributed by atoms with Crippen molar-refractivity contribution in [2.24, 2.45) is 5.41 Å². The molecule has 0 unspecified atom stereocenters. The molecule has 2 nitrogen and oxygen atoms in total. The highest BCUT2D eigenvalue weighted by atomic mass is 16.5. The summed E-state index contributed by atoms with van der Waals surface area (Å²) in [5.74, 6) is 0.499. The summed E-state index contributed by atoms with van der Waals surface area (Å²) in [7, 11) is 0. The van der Waals surface area contributed by atoms with Crippen LogP contribution < -0.4 is 4.74 Å². The van der Waals surface area contributed by atoms with Crippen LogP contribution in [0.1, 0.15) is 46.5 Å². The summed E-state index contributed by atoms with van der Waals surface area (Å²) >= 11 is 0. The van der Waals surface area contributed by atoms with Gasteiger partial charge in [-0.25, -0.2) is 0 Å². The van der Waals surface area contributed by atoms with E-state index in [-0.39, 0.29) is 5.97 Å². The highest BCUT2D eigenvalue weighted by molar-refractivity contribution is 5.72. The van der Waals surface area contributed by atoms with E-state index in [9.17, 15) is 4.79 Å². The molecule has 17 heavy (non-hydrogen) atoms. The van der Waals surface area contributed by atoms with Gasteiger partial charge in [0.15, 0.2) is 0 Å². The third-order valence-electron chi connectivity index (χ3n) is 2.53. The molecule has 0 aromatic heterocycles. The fourth-order valence-corrected chi connectivity index (χ4v) is 1.60. The molecule has 1 aromatic rings. The molecule has 0 saturated carbocycles. The van der Waals surface area contributed by atoms with Crippen molar-refractivity contribution < 1.29 is 9.53 Å². The van der Waals surface area contributed by atoms with E-state index >= 15 is 0 Å². The monoisotopic (exact) mass is 234 g/mol. The second kappa shape index (κ2) is 6.43. The SMILES string of the molecule is CC(C)(C)CCCCC(=O)Oc1ccccc1. The van der Waals surface area contributed by atoms with Crippen LogP contribution in [0.4, 0.5) is 0 Å². The van der Waals surface area contributed by atoms with Crippen LogP contribution in [0.15, 0.2) is 30.3 Å². The second-order valence-electron chi connectivity index (χ2n) is 5.55. The van der Waals surface area contributed by atoms with Gasteiger partial charge in [-0.2, -0.15) is 0 Å². The van der Waals surface area contributed by atoms with Gasteiger partial charge in [0.1, 0.15) is 5.75 Å². The number of carbonyl (C=O) groups is 1. The molecule has 0 aliphatic rings. The molecule has 0 amide bonds. The van der Waals surface area contributed by atoms with Crippen molar-refractivity contribution in [3.8, 4) is 5.75 Å². The van der Waals surface area contributed by atoms with E-state index in [0.29, 0.717) is 17.6 Å². The third kappa shape index (κ3) is 6.77. The zero-order valence-electron chi connectivity index (χ0n) is 11.0. The van der Waals surface area contributed by atoms with Crippen molar-refractivity contribution in [1.29, 1.82) is 0 Å². The number of esters is 1. The zero-order chi connectivity index (χ0) is 12.7. The van der Waals surface area contributed by atoms with Gasteiger partial charge in [-0.3, -0.25) is 4.79 Å². The fraction of sp³-hybridized carbons (Fsp3) is 0.533. The van der Waals surface area contributed by atoms with Gasteiger partial charge in [-0.1, -0.05) is 45.4 Å². The highest BCUT2D eigenvalue weighted by Gasteiger charge is 2.10. The predicted molar refractivity (Wildman–Crippen MR) is 70.0 cm³/mol. The highest BCUT2D eigenvalue weighted by Crippen LogP contribution is 2.22. The molecule has 94 valence electrons. The van der Waals surface area contributed by atoms with E-state index in [1.54, 1.807) is 12.1 Å². The molecule has 0 radical (unpaired) electrons. The number of unbranched alkanes of at least 4 members (excludes halogenated alkanes) is 1. The number of hydrogen-bond donors (Lipinski definition) is 0. The molecule has 0 aliphatic carbocycles. The number of carbonyl (C=O) groups excluding carboxylic acids is 1. The standard InChI is InChI=1S/C15H22O2/c1-15(2,3)12-8-7-11-14(16)17-13-9-5-4-6-10-13/h4-6,9-10H,7-8,11-12H2,1-3H3. The van der Waals surface area contributed by atoms with E-state index in [1.165, 1.54) is 0 Å². The number of ether oxygens (including phenoxy) is 1. The first-order valence-corrected chi connectivity index (χ1v) is 6.23. The molecule has 1 aromatic carbocycles. The van der Waals surface area contributed by atoms with E-state index in [1.807, 2.05) is 18.2 Å². The van der Waals surface area contributed by atoms with E-state index < -0.39 is 0 Å². The van der Waals surface area contributed by atoms with E-state index in [2.05, 4.69) is 20.8 Å². The van der Waals surface area contributed by atoms with Crippen LogP contribution in [0, 0.1) is 5.41 Å². The van der Waals surface area contributed by atoms with Gasteiger partial charge in [0.2, 0.25) is 0 Å². The van der Waals surface area contributed by atoms with Gasteiger partial charge in [0, 0.05) is 6.42 Å².